The van der Waals surface area contributed by atoms with Gasteiger partial charge in [0.25, 0.3) is 0 Å². The fourth-order valence-electron chi connectivity index (χ4n) is 1.54. The first-order valence-electron chi connectivity index (χ1n) is 6.32. The standard InChI is InChI=1S/2C9H7BrO/c1-2-7-3-5-8(6-4-7)9(10)11;1-2-7-4-3-5-8(6-7)9(10)11/h2*2-6H,1H2. The lowest BCUT2D eigenvalue weighted by Crippen LogP contribution is -1.86. The Kier molecular flexibility index (Phi) is 7.71. The van der Waals surface area contributed by atoms with Gasteiger partial charge in [-0.1, -0.05) is 55.6 Å². The molecular weight excluding hydrogens is 408 g/mol. The van der Waals surface area contributed by atoms with Crippen molar-refractivity contribution in [2.75, 3.05) is 0 Å². The second-order valence-electron chi connectivity index (χ2n) is 4.20. The van der Waals surface area contributed by atoms with Crippen LogP contribution in [0.1, 0.15) is 31.8 Å². The molecule has 0 spiro atoms. The van der Waals surface area contributed by atoms with Gasteiger partial charge >= 0.3 is 0 Å². The van der Waals surface area contributed by atoms with E-state index in [1.165, 1.54) is 0 Å². The Labute approximate surface area is 146 Å². The quantitative estimate of drug-likeness (QED) is 0.590. The molecule has 0 aliphatic carbocycles. The Bertz CT molecular complexity index is 688. The topological polar surface area (TPSA) is 34.1 Å². The summed E-state index contributed by atoms with van der Waals surface area (Å²) in [5.41, 5.74) is 3.29. The van der Waals surface area contributed by atoms with Crippen LogP contribution in [0, 0.1) is 0 Å². The maximum Gasteiger partial charge on any atom is 0.228 e. The third-order valence-electron chi connectivity index (χ3n) is 2.72. The number of halogens is 2. The summed E-state index contributed by atoms with van der Waals surface area (Å²) >= 11 is 5.74. The van der Waals surface area contributed by atoms with Crippen molar-refractivity contribution >= 4 is 53.4 Å². The SMILES string of the molecule is C=Cc1ccc(C(=O)Br)cc1.C=Cc1cccc(C(=O)Br)c1. The second kappa shape index (κ2) is 9.28. The van der Waals surface area contributed by atoms with Crippen molar-refractivity contribution < 1.29 is 9.59 Å². The highest BCUT2D eigenvalue weighted by atomic mass is 79.9. The molecule has 0 aliphatic rings. The zero-order valence-electron chi connectivity index (χ0n) is 11.8. The van der Waals surface area contributed by atoms with Crippen LogP contribution in [0.25, 0.3) is 12.2 Å². The Morgan fingerprint density at radius 1 is 0.773 bits per heavy atom. The Balaban J connectivity index is 0.000000220. The molecule has 4 heteroatoms. The van der Waals surface area contributed by atoms with Gasteiger partial charge in [-0.3, -0.25) is 9.59 Å². The summed E-state index contributed by atoms with van der Waals surface area (Å²) in [5.74, 6) is 0. The van der Waals surface area contributed by atoms with E-state index in [0.717, 1.165) is 11.1 Å². The third-order valence-corrected chi connectivity index (χ3v) is 3.64. The van der Waals surface area contributed by atoms with E-state index < -0.39 is 0 Å². The molecule has 0 aromatic heterocycles. The number of carbonyl (C=O) groups is 2. The summed E-state index contributed by atoms with van der Waals surface area (Å²) in [6.07, 6.45) is 3.45. The lowest BCUT2D eigenvalue weighted by Gasteiger charge is -1.94. The zero-order valence-corrected chi connectivity index (χ0v) is 14.9. The zero-order chi connectivity index (χ0) is 16.5. The summed E-state index contributed by atoms with van der Waals surface area (Å²) in [4.78, 5) is 21.5. The van der Waals surface area contributed by atoms with Crippen LogP contribution in [0.4, 0.5) is 0 Å². The number of rotatable bonds is 4. The number of hydrogen-bond donors (Lipinski definition) is 0. The summed E-state index contributed by atoms with van der Waals surface area (Å²) in [6.45, 7) is 7.21. The normalized spacial score (nSPS) is 9.18. The highest BCUT2D eigenvalue weighted by molar-refractivity contribution is 9.18. The van der Waals surface area contributed by atoms with E-state index in [9.17, 15) is 9.59 Å². The van der Waals surface area contributed by atoms with Crippen LogP contribution >= 0.6 is 31.9 Å². The number of benzene rings is 2. The highest BCUT2D eigenvalue weighted by Crippen LogP contribution is 2.09. The largest absolute Gasteiger partial charge is 0.281 e. The van der Waals surface area contributed by atoms with Crippen LogP contribution < -0.4 is 0 Å². The summed E-state index contributed by atoms with van der Waals surface area (Å²) in [7, 11) is 0. The molecule has 0 heterocycles. The van der Waals surface area contributed by atoms with E-state index in [1.807, 2.05) is 24.3 Å². The van der Waals surface area contributed by atoms with Gasteiger partial charge in [-0.05, 0) is 61.2 Å². The van der Waals surface area contributed by atoms with Crippen LogP contribution in [-0.2, 0) is 0 Å². The minimum Gasteiger partial charge on any atom is -0.281 e. The number of hydrogen-bond acceptors (Lipinski definition) is 2. The van der Waals surface area contributed by atoms with E-state index in [-0.39, 0.29) is 9.39 Å². The molecule has 112 valence electrons. The average molecular weight is 422 g/mol. The summed E-state index contributed by atoms with van der Waals surface area (Å²) in [5, 5.41) is 0. The van der Waals surface area contributed by atoms with Crippen LogP contribution in [0.5, 0.6) is 0 Å². The molecule has 0 saturated carbocycles. The fraction of sp³-hybridized carbons (Fsp3) is 0. The van der Waals surface area contributed by atoms with Gasteiger partial charge in [0.2, 0.25) is 9.39 Å². The maximum absolute atomic E-state index is 10.8. The number of carbonyl (C=O) groups excluding carboxylic acids is 2. The third kappa shape index (κ3) is 5.92. The Morgan fingerprint density at radius 2 is 1.32 bits per heavy atom. The van der Waals surface area contributed by atoms with Gasteiger partial charge in [0.15, 0.2) is 0 Å². The Hall–Kier alpha value is -1.78. The Morgan fingerprint density at radius 3 is 1.77 bits per heavy atom. The van der Waals surface area contributed by atoms with E-state index in [4.69, 9.17) is 0 Å². The molecule has 2 rings (SSSR count). The first-order chi connectivity index (χ1) is 10.5. The van der Waals surface area contributed by atoms with Crippen LogP contribution in [0.2, 0.25) is 0 Å². The van der Waals surface area contributed by atoms with Crippen LogP contribution in [0.3, 0.4) is 0 Å². The molecule has 0 bridgehead atoms. The van der Waals surface area contributed by atoms with Crippen molar-refractivity contribution in [1.29, 1.82) is 0 Å². The molecule has 2 aromatic rings. The molecule has 22 heavy (non-hydrogen) atoms. The van der Waals surface area contributed by atoms with Crippen molar-refractivity contribution in [3.05, 3.63) is 83.9 Å². The predicted octanol–water partition coefficient (Wildman–Crippen LogP) is 5.73. The first-order valence-corrected chi connectivity index (χ1v) is 7.91. The first kappa shape index (κ1) is 18.3. The van der Waals surface area contributed by atoms with Gasteiger partial charge in [0, 0.05) is 11.1 Å². The van der Waals surface area contributed by atoms with Crippen molar-refractivity contribution in [1.82, 2.24) is 0 Å². The van der Waals surface area contributed by atoms with E-state index in [1.54, 1.807) is 36.4 Å². The van der Waals surface area contributed by atoms with Gasteiger partial charge in [0.05, 0.1) is 0 Å². The molecule has 2 nitrogen and oxygen atoms in total. The monoisotopic (exact) mass is 420 g/mol. The van der Waals surface area contributed by atoms with Crippen LogP contribution in [0.15, 0.2) is 61.7 Å². The highest BCUT2D eigenvalue weighted by Gasteiger charge is 1.99. The molecule has 0 atom stereocenters. The second-order valence-corrected chi connectivity index (χ2v) is 5.64. The molecular formula is C18H14Br2O2. The molecule has 0 radical (unpaired) electrons. The van der Waals surface area contributed by atoms with Crippen molar-refractivity contribution in [2.45, 2.75) is 0 Å². The minimum absolute atomic E-state index is 0.0897. The van der Waals surface area contributed by atoms with Crippen molar-refractivity contribution in [3.8, 4) is 0 Å². The van der Waals surface area contributed by atoms with Gasteiger partial charge < -0.3 is 0 Å². The minimum atomic E-state index is -0.0961. The molecule has 0 saturated heterocycles. The molecule has 0 unspecified atom stereocenters. The molecule has 0 aliphatic heterocycles. The maximum atomic E-state index is 10.8. The van der Waals surface area contributed by atoms with E-state index in [0.29, 0.717) is 11.1 Å². The van der Waals surface area contributed by atoms with Gasteiger partial charge in [-0.2, -0.15) is 0 Å². The van der Waals surface area contributed by atoms with Gasteiger partial charge in [0.1, 0.15) is 0 Å². The fourth-order valence-corrected chi connectivity index (χ4v) is 2.05. The lowest BCUT2D eigenvalue weighted by atomic mass is 10.1. The molecule has 0 amide bonds. The van der Waals surface area contributed by atoms with Crippen molar-refractivity contribution in [3.63, 3.8) is 0 Å². The smallest absolute Gasteiger partial charge is 0.228 e. The summed E-state index contributed by atoms with van der Waals surface area (Å²) < 4.78 is -0.186. The summed E-state index contributed by atoms with van der Waals surface area (Å²) in [6, 6.07) is 14.5. The molecule has 0 N–H and O–H groups in total. The molecule has 2 aromatic carbocycles. The van der Waals surface area contributed by atoms with Gasteiger partial charge in [-0.25, -0.2) is 0 Å². The predicted molar refractivity (Wildman–Crippen MR) is 99.6 cm³/mol. The van der Waals surface area contributed by atoms with Gasteiger partial charge in [-0.15, -0.1) is 0 Å². The van der Waals surface area contributed by atoms with E-state index in [2.05, 4.69) is 45.0 Å². The lowest BCUT2D eigenvalue weighted by molar-refractivity contribution is 0.108. The average Bonchev–Trinajstić information content (AvgIpc) is 2.55. The van der Waals surface area contributed by atoms with Crippen molar-refractivity contribution in [2.24, 2.45) is 0 Å². The molecule has 0 fully saturated rings. The van der Waals surface area contributed by atoms with Crippen LogP contribution in [-0.4, -0.2) is 9.39 Å². The van der Waals surface area contributed by atoms with E-state index >= 15 is 0 Å².